The van der Waals surface area contributed by atoms with Gasteiger partial charge in [0.2, 0.25) is 0 Å². The van der Waals surface area contributed by atoms with Crippen LogP contribution in [-0.4, -0.2) is 57.3 Å². The topological polar surface area (TPSA) is 58.1 Å². The molecule has 1 heterocycles. The molecule has 0 amide bonds. The van der Waals surface area contributed by atoms with Crippen molar-refractivity contribution < 1.29 is 9.47 Å². The number of hydrogen-bond donors (Lipinski definition) is 2. The predicted molar refractivity (Wildman–Crippen MR) is 127 cm³/mol. The van der Waals surface area contributed by atoms with E-state index in [0.29, 0.717) is 18.5 Å². The molecule has 0 aliphatic carbocycles. The van der Waals surface area contributed by atoms with Crippen LogP contribution in [0.25, 0.3) is 0 Å². The van der Waals surface area contributed by atoms with Gasteiger partial charge in [0.1, 0.15) is 0 Å². The van der Waals surface area contributed by atoms with E-state index in [1.165, 1.54) is 25.9 Å². The van der Waals surface area contributed by atoms with E-state index in [4.69, 9.17) is 14.5 Å². The molecule has 0 bridgehead atoms. The maximum Gasteiger partial charge on any atom is 0.191 e. The van der Waals surface area contributed by atoms with Gasteiger partial charge in [0, 0.05) is 19.1 Å². The van der Waals surface area contributed by atoms with Crippen LogP contribution in [0.15, 0.2) is 23.2 Å². The second-order valence-electron chi connectivity index (χ2n) is 7.32. The molecule has 6 nitrogen and oxygen atoms in total. The van der Waals surface area contributed by atoms with Crippen molar-refractivity contribution in [2.24, 2.45) is 10.9 Å². The number of guanidine groups is 1. The summed E-state index contributed by atoms with van der Waals surface area (Å²) in [4.78, 5) is 7.36. The van der Waals surface area contributed by atoms with Gasteiger partial charge < -0.3 is 20.1 Å². The van der Waals surface area contributed by atoms with E-state index < -0.39 is 0 Å². The zero-order valence-corrected chi connectivity index (χ0v) is 20.3. The monoisotopic (exact) mass is 504 g/mol. The fraction of sp³-hybridized carbons (Fsp3) is 0.667. The molecule has 160 valence electrons. The van der Waals surface area contributed by atoms with Crippen molar-refractivity contribution >= 4 is 29.9 Å². The molecule has 2 rings (SSSR count). The lowest BCUT2D eigenvalue weighted by Gasteiger charge is -2.31. The quantitative estimate of drug-likeness (QED) is 0.307. The van der Waals surface area contributed by atoms with Crippen molar-refractivity contribution in [3.63, 3.8) is 0 Å². The predicted octanol–water partition coefficient (Wildman–Crippen LogP) is 3.50. The molecule has 1 aliphatic rings. The Hall–Kier alpha value is -1.22. The van der Waals surface area contributed by atoms with Gasteiger partial charge in [-0.3, -0.25) is 4.90 Å². The Morgan fingerprint density at radius 3 is 2.36 bits per heavy atom. The van der Waals surface area contributed by atoms with Crippen molar-refractivity contribution in [3.05, 3.63) is 23.8 Å². The lowest BCUT2D eigenvalue weighted by Crippen LogP contribution is -2.48. The van der Waals surface area contributed by atoms with E-state index in [1.54, 1.807) is 14.2 Å². The van der Waals surface area contributed by atoms with Crippen molar-refractivity contribution in [2.75, 3.05) is 40.4 Å². The number of likely N-dealkylation sites (tertiary alicyclic amines) is 1. The van der Waals surface area contributed by atoms with Crippen molar-refractivity contribution in [3.8, 4) is 11.5 Å². The van der Waals surface area contributed by atoms with Gasteiger partial charge in [-0.1, -0.05) is 19.9 Å². The van der Waals surface area contributed by atoms with Crippen LogP contribution in [-0.2, 0) is 6.54 Å². The zero-order valence-electron chi connectivity index (χ0n) is 18.0. The van der Waals surface area contributed by atoms with E-state index in [9.17, 15) is 0 Å². The fourth-order valence-corrected chi connectivity index (χ4v) is 3.55. The summed E-state index contributed by atoms with van der Waals surface area (Å²) in [6.45, 7) is 11.5. The van der Waals surface area contributed by atoms with Gasteiger partial charge in [0.15, 0.2) is 17.5 Å². The van der Waals surface area contributed by atoms with Gasteiger partial charge >= 0.3 is 0 Å². The molecule has 0 saturated carbocycles. The first-order chi connectivity index (χ1) is 13.1. The molecule has 0 spiro atoms. The first-order valence-corrected chi connectivity index (χ1v) is 10.1. The number of rotatable bonds is 9. The highest BCUT2D eigenvalue weighted by Gasteiger charge is 2.24. The molecule has 1 aromatic carbocycles. The summed E-state index contributed by atoms with van der Waals surface area (Å²) < 4.78 is 10.7. The minimum atomic E-state index is 0. The Morgan fingerprint density at radius 1 is 1.11 bits per heavy atom. The summed E-state index contributed by atoms with van der Waals surface area (Å²) >= 11 is 0. The molecule has 0 radical (unpaired) electrons. The van der Waals surface area contributed by atoms with Gasteiger partial charge in [-0.25, -0.2) is 4.99 Å². The summed E-state index contributed by atoms with van der Waals surface area (Å²) in [5, 5.41) is 6.89. The van der Waals surface area contributed by atoms with Crippen LogP contribution in [0.3, 0.4) is 0 Å². The normalized spacial score (nSPS) is 15.9. The van der Waals surface area contributed by atoms with E-state index >= 15 is 0 Å². The third-order valence-electron chi connectivity index (χ3n) is 5.07. The fourth-order valence-electron chi connectivity index (χ4n) is 3.55. The third-order valence-corrected chi connectivity index (χ3v) is 5.07. The molecule has 7 heteroatoms. The summed E-state index contributed by atoms with van der Waals surface area (Å²) in [6.07, 6.45) is 2.63. The smallest absolute Gasteiger partial charge is 0.191 e. The molecule has 2 N–H and O–H groups in total. The molecule has 1 unspecified atom stereocenters. The highest BCUT2D eigenvalue weighted by molar-refractivity contribution is 14.0. The highest BCUT2D eigenvalue weighted by atomic mass is 127. The Labute approximate surface area is 187 Å². The maximum atomic E-state index is 5.38. The van der Waals surface area contributed by atoms with Crippen molar-refractivity contribution in [1.82, 2.24) is 15.5 Å². The van der Waals surface area contributed by atoms with Gasteiger partial charge in [0.05, 0.1) is 20.8 Å². The minimum absolute atomic E-state index is 0. The second kappa shape index (κ2) is 13.1. The molecule has 28 heavy (non-hydrogen) atoms. The largest absolute Gasteiger partial charge is 0.493 e. The van der Waals surface area contributed by atoms with Gasteiger partial charge in [-0.2, -0.15) is 0 Å². The molecule has 1 saturated heterocycles. The van der Waals surface area contributed by atoms with Crippen LogP contribution < -0.4 is 20.1 Å². The first-order valence-electron chi connectivity index (χ1n) is 10.1. The minimum Gasteiger partial charge on any atom is -0.493 e. The van der Waals surface area contributed by atoms with E-state index in [2.05, 4.69) is 36.3 Å². The Bertz CT molecular complexity index is 604. The van der Waals surface area contributed by atoms with Gasteiger partial charge in [-0.15, -0.1) is 24.0 Å². The number of benzene rings is 1. The van der Waals surface area contributed by atoms with Crippen LogP contribution in [0.1, 0.15) is 39.2 Å². The zero-order chi connectivity index (χ0) is 19.6. The standard InChI is InChI=1S/C21H36N4O2.HI/c1-6-22-21(24-15-18(16(2)3)25-11-7-8-12-25)23-14-17-9-10-19(26-4)20(13-17)27-5;/h9-10,13,16,18H,6-8,11-12,14-15H2,1-5H3,(H2,22,23,24);1H. The molecule has 0 aromatic heterocycles. The molecule has 1 atom stereocenters. The molecular formula is C21H37IN4O2. The van der Waals surface area contributed by atoms with Crippen molar-refractivity contribution in [1.29, 1.82) is 0 Å². The Kier molecular flexibility index (Phi) is 11.6. The Balaban J connectivity index is 0.00000392. The summed E-state index contributed by atoms with van der Waals surface area (Å²) in [5.74, 6) is 2.94. The summed E-state index contributed by atoms with van der Waals surface area (Å²) in [7, 11) is 3.30. The first kappa shape index (κ1) is 24.8. The van der Waals surface area contributed by atoms with E-state index in [1.807, 2.05) is 18.2 Å². The van der Waals surface area contributed by atoms with Crippen LogP contribution in [0.2, 0.25) is 0 Å². The average molecular weight is 504 g/mol. The van der Waals surface area contributed by atoms with Crippen LogP contribution in [0.5, 0.6) is 11.5 Å². The number of nitrogens with one attached hydrogen (secondary N) is 2. The van der Waals surface area contributed by atoms with Gasteiger partial charge in [0.25, 0.3) is 0 Å². The summed E-state index contributed by atoms with van der Waals surface area (Å²) in [5.41, 5.74) is 1.09. The van der Waals surface area contributed by atoms with Crippen LogP contribution >= 0.6 is 24.0 Å². The van der Waals surface area contributed by atoms with Gasteiger partial charge in [-0.05, 0) is 56.5 Å². The molecule has 1 aliphatic heterocycles. The highest BCUT2D eigenvalue weighted by Crippen LogP contribution is 2.27. The summed E-state index contributed by atoms with van der Waals surface area (Å²) in [6, 6.07) is 6.46. The van der Waals surface area contributed by atoms with Crippen LogP contribution in [0, 0.1) is 5.92 Å². The lowest BCUT2D eigenvalue weighted by molar-refractivity contribution is 0.192. The lowest BCUT2D eigenvalue weighted by atomic mass is 10.0. The number of halogens is 1. The second-order valence-corrected chi connectivity index (χ2v) is 7.32. The molecular weight excluding hydrogens is 467 g/mol. The molecule has 1 fully saturated rings. The number of methoxy groups -OCH3 is 2. The number of nitrogens with zero attached hydrogens (tertiary/aromatic N) is 2. The maximum absolute atomic E-state index is 5.38. The van der Waals surface area contributed by atoms with E-state index in [0.717, 1.165) is 36.1 Å². The van der Waals surface area contributed by atoms with E-state index in [-0.39, 0.29) is 24.0 Å². The number of hydrogen-bond acceptors (Lipinski definition) is 4. The average Bonchev–Trinajstić information content (AvgIpc) is 3.19. The van der Waals surface area contributed by atoms with Crippen molar-refractivity contribution in [2.45, 2.75) is 46.2 Å². The SMILES string of the molecule is CCNC(=NCc1ccc(OC)c(OC)c1)NCC(C(C)C)N1CCCC1.I. The molecule has 1 aromatic rings. The third kappa shape index (κ3) is 7.31. The number of ether oxygens (including phenoxy) is 2. The van der Waals surface area contributed by atoms with Crippen LogP contribution in [0.4, 0.5) is 0 Å². The Morgan fingerprint density at radius 2 is 1.79 bits per heavy atom. The number of aliphatic imine (C=N–C) groups is 1.